The van der Waals surface area contributed by atoms with Crippen LogP contribution in [0.4, 0.5) is 5.69 Å². The summed E-state index contributed by atoms with van der Waals surface area (Å²) >= 11 is 0. The molecule has 1 amide bonds. The number of hydrogen-bond acceptors (Lipinski definition) is 4. The van der Waals surface area contributed by atoms with Crippen molar-refractivity contribution in [3.8, 4) is 0 Å². The lowest BCUT2D eigenvalue weighted by molar-refractivity contribution is -0.117. The van der Waals surface area contributed by atoms with E-state index in [4.69, 9.17) is 14.1 Å². The zero-order valence-electron chi connectivity index (χ0n) is 18.0. The molecular formula is C24H32N4O3. The Morgan fingerprint density at radius 3 is 2.74 bits per heavy atom. The minimum atomic E-state index is 0.211. The first kappa shape index (κ1) is 21.4. The van der Waals surface area contributed by atoms with Crippen LogP contribution in [0.1, 0.15) is 43.4 Å². The van der Waals surface area contributed by atoms with E-state index in [0.717, 1.165) is 74.9 Å². The number of carbonyl (C=O) groups excluding carboxylic acids is 1. The molecule has 0 saturated carbocycles. The van der Waals surface area contributed by atoms with Crippen LogP contribution in [-0.4, -0.2) is 44.2 Å². The van der Waals surface area contributed by atoms with E-state index in [1.807, 2.05) is 29.2 Å². The largest absolute Gasteiger partial charge is 0.469 e. The molecule has 166 valence electrons. The van der Waals surface area contributed by atoms with Crippen LogP contribution in [0.2, 0.25) is 0 Å². The Labute approximate surface area is 183 Å². The maximum Gasteiger partial charge on any atom is 0.227 e. The van der Waals surface area contributed by atoms with Crippen molar-refractivity contribution in [1.29, 1.82) is 0 Å². The average molecular weight is 425 g/mol. The fourth-order valence-corrected chi connectivity index (χ4v) is 3.98. The molecule has 1 unspecified atom stereocenters. The molecule has 2 aromatic rings. The van der Waals surface area contributed by atoms with Gasteiger partial charge in [-0.2, -0.15) is 0 Å². The predicted molar refractivity (Wildman–Crippen MR) is 121 cm³/mol. The number of amides is 1. The lowest BCUT2D eigenvalue weighted by Crippen LogP contribution is -2.43. The van der Waals surface area contributed by atoms with Gasteiger partial charge in [-0.15, -0.1) is 0 Å². The third-order valence-corrected chi connectivity index (χ3v) is 5.76. The summed E-state index contributed by atoms with van der Waals surface area (Å²) < 4.78 is 11.2. The number of ether oxygens (including phenoxy) is 1. The molecule has 1 atom stereocenters. The number of nitrogens with zero attached hydrogens (tertiary/aromatic N) is 2. The lowest BCUT2D eigenvalue weighted by Gasteiger charge is -2.23. The molecule has 1 aromatic carbocycles. The van der Waals surface area contributed by atoms with Gasteiger partial charge in [-0.25, -0.2) is 4.99 Å². The van der Waals surface area contributed by atoms with Gasteiger partial charge in [0, 0.05) is 44.8 Å². The highest BCUT2D eigenvalue weighted by atomic mass is 16.5. The van der Waals surface area contributed by atoms with E-state index < -0.39 is 0 Å². The average Bonchev–Trinajstić information content (AvgIpc) is 3.48. The van der Waals surface area contributed by atoms with Gasteiger partial charge in [0.1, 0.15) is 5.76 Å². The van der Waals surface area contributed by atoms with Gasteiger partial charge in [-0.3, -0.25) is 4.79 Å². The van der Waals surface area contributed by atoms with Crippen LogP contribution in [0, 0.1) is 0 Å². The third kappa shape index (κ3) is 6.34. The third-order valence-electron chi connectivity index (χ3n) is 5.76. The van der Waals surface area contributed by atoms with Crippen LogP contribution in [0.3, 0.4) is 0 Å². The molecule has 2 aliphatic heterocycles. The summed E-state index contributed by atoms with van der Waals surface area (Å²) in [4.78, 5) is 18.6. The highest BCUT2D eigenvalue weighted by molar-refractivity contribution is 5.95. The number of aliphatic imine (C=N–C) groups is 1. The second kappa shape index (κ2) is 11.0. The normalized spacial score (nSPS) is 19.6. The van der Waals surface area contributed by atoms with Crippen molar-refractivity contribution in [2.24, 2.45) is 4.99 Å². The molecule has 3 heterocycles. The van der Waals surface area contributed by atoms with Crippen molar-refractivity contribution in [2.75, 3.05) is 31.1 Å². The Hall–Kier alpha value is -2.80. The maximum absolute atomic E-state index is 11.9. The van der Waals surface area contributed by atoms with Crippen LogP contribution in [0.25, 0.3) is 0 Å². The number of rotatable bonds is 8. The molecule has 31 heavy (non-hydrogen) atoms. The first-order valence-corrected chi connectivity index (χ1v) is 11.3. The molecule has 2 saturated heterocycles. The predicted octanol–water partition coefficient (Wildman–Crippen LogP) is 3.25. The van der Waals surface area contributed by atoms with Crippen molar-refractivity contribution >= 4 is 17.6 Å². The molecule has 1 aromatic heterocycles. The SMILES string of the molecule is O=C1CCCN1c1ccc(CN=C(NCCc2ccco2)NCC2CCCCO2)cc1. The number of nitrogens with one attached hydrogen (secondary N) is 2. The number of furan rings is 1. The highest BCUT2D eigenvalue weighted by Crippen LogP contribution is 2.21. The summed E-state index contributed by atoms with van der Waals surface area (Å²) in [5.41, 5.74) is 2.08. The number of benzene rings is 1. The van der Waals surface area contributed by atoms with Gasteiger partial charge in [0.05, 0.1) is 18.9 Å². The minimum Gasteiger partial charge on any atom is -0.469 e. The molecule has 0 aliphatic carbocycles. The van der Waals surface area contributed by atoms with Gasteiger partial charge in [-0.05, 0) is 55.5 Å². The van der Waals surface area contributed by atoms with E-state index in [0.29, 0.717) is 13.0 Å². The molecule has 7 heteroatoms. The van der Waals surface area contributed by atoms with E-state index in [9.17, 15) is 4.79 Å². The Morgan fingerprint density at radius 2 is 2.03 bits per heavy atom. The Kier molecular flexibility index (Phi) is 7.60. The summed E-state index contributed by atoms with van der Waals surface area (Å²) in [5, 5.41) is 6.83. The summed E-state index contributed by atoms with van der Waals surface area (Å²) in [5.74, 6) is 1.94. The van der Waals surface area contributed by atoms with E-state index in [-0.39, 0.29) is 12.0 Å². The fraction of sp³-hybridized carbons (Fsp3) is 0.500. The Morgan fingerprint density at radius 1 is 1.13 bits per heavy atom. The zero-order valence-corrected chi connectivity index (χ0v) is 18.0. The van der Waals surface area contributed by atoms with Crippen LogP contribution in [-0.2, 0) is 22.5 Å². The quantitative estimate of drug-likeness (QED) is 0.502. The van der Waals surface area contributed by atoms with Gasteiger partial charge in [0.2, 0.25) is 5.91 Å². The second-order valence-electron chi connectivity index (χ2n) is 8.11. The van der Waals surface area contributed by atoms with Crippen molar-refractivity contribution in [3.05, 3.63) is 54.0 Å². The van der Waals surface area contributed by atoms with Gasteiger partial charge >= 0.3 is 0 Å². The molecule has 2 N–H and O–H groups in total. The first-order chi connectivity index (χ1) is 15.3. The fourth-order valence-electron chi connectivity index (χ4n) is 3.98. The molecule has 7 nitrogen and oxygen atoms in total. The van der Waals surface area contributed by atoms with Crippen molar-refractivity contribution in [2.45, 2.75) is 51.2 Å². The number of hydrogen-bond donors (Lipinski definition) is 2. The molecule has 2 fully saturated rings. The monoisotopic (exact) mass is 424 g/mol. The van der Waals surface area contributed by atoms with Gasteiger partial charge in [0.25, 0.3) is 0 Å². The topological polar surface area (TPSA) is 79.1 Å². The number of guanidine groups is 1. The maximum atomic E-state index is 11.9. The van der Waals surface area contributed by atoms with Crippen LogP contribution in [0.15, 0.2) is 52.1 Å². The van der Waals surface area contributed by atoms with Crippen molar-refractivity contribution < 1.29 is 13.9 Å². The summed E-state index contributed by atoms with van der Waals surface area (Å²) in [6.45, 7) is 3.71. The first-order valence-electron chi connectivity index (χ1n) is 11.3. The van der Waals surface area contributed by atoms with Crippen molar-refractivity contribution in [3.63, 3.8) is 0 Å². The van der Waals surface area contributed by atoms with Crippen LogP contribution < -0.4 is 15.5 Å². The molecule has 0 spiro atoms. The van der Waals surface area contributed by atoms with E-state index in [1.165, 1.54) is 6.42 Å². The van der Waals surface area contributed by atoms with Crippen LogP contribution in [0.5, 0.6) is 0 Å². The zero-order chi connectivity index (χ0) is 21.3. The molecular weight excluding hydrogens is 392 g/mol. The van der Waals surface area contributed by atoms with E-state index >= 15 is 0 Å². The minimum absolute atomic E-state index is 0.211. The van der Waals surface area contributed by atoms with E-state index in [1.54, 1.807) is 6.26 Å². The number of anilines is 1. The molecule has 2 aliphatic rings. The molecule has 0 bridgehead atoms. The smallest absolute Gasteiger partial charge is 0.227 e. The van der Waals surface area contributed by atoms with Crippen LogP contribution >= 0.6 is 0 Å². The molecule has 4 rings (SSSR count). The van der Waals surface area contributed by atoms with Gasteiger partial charge in [0.15, 0.2) is 5.96 Å². The number of carbonyl (C=O) groups is 1. The lowest BCUT2D eigenvalue weighted by atomic mass is 10.1. The summed E-state index contributed by atoms with van der Waals surface area (Å²) in [6, 6.07) is 12.0. The standard InChI is InChI=1S/C24H32N4O3/c29-23-7-3-14-28(23)20-10-8-19(9-11-20)17-26-24(25-13-12-21-6-4-16-30-21)27-18-22-5-1-2-15-31-22/h4,6,8-11,16,22H,1-3,5,7,12-15,17-18H2,(H2,25,26,27). The Balaban J connectivity index is 1.33. The van der Waals surface area contributed by atoms with E-state index in [2.05, 4.69) is 22.8 Å². The van der Waals surface area contributed by atoms with Gasteiger partial charge < -0.3 is 24.7 Å². The molecule has 0 radical (unpaired) electrons. The summed E-state index contributed by atoms with van der Waals surface area (Å²) in [6.07, 6.45) is 7.78. The summed E-state index contributed by atoms with van der Waals surface area (Å²) in [7, 11) is 0. The Bertz CT molecular complexity index is 842. The highest BCUT2D eigenvalue weighted by Gasteiger charge is 2.21. The van der Waals surface area contributed by atoms with Crippen molar-refractivity contribution in [1.82, 2.24) is 10.6 Å². The second-order valence-corrected chi connectivity index (χ2v) is 8.11. The van der Waals surface area contributed by atoms with Gasteiger partial charge in [-0.1, -0.05) is 12.1 Å².